The molecule has 2 rings (SSSR count). The van der Waals surface area contributed by atoms with Gasteiger partial charge in [-0.3, -0.25) is 0 Å². The molecule has 1 atom stereocenters. The van der Waals surface area contributed by atoms with Crippen molar-refractivity contribution in [1.82, 2.24) is 20.1 Å². The molecule has 0 saturated heterocycles. The van der Waals surface area contributed by atoms with Crippen molar-refractivity contribution >= 4 is 17.7 Å². The number of aromatic nitrogens is 3. The third-order valence-corrected chi connectivity index (χ3v) is 4.39. The molecule has 0 fully saturated rings. The van der Waals surface area contributed by atoms with Gasteiger partial charge in [0.25, 0.3) is 0 Å². The van der Waals surface area contributed by atoms with Crippen LogP contribution in [0.5, 0.6) is 5.88 Å². The van der Waals surface area contributed by atoms with Crippen LogP contribution < -0.4 is 10.1 Å². The Morgan fingerprint density at radius 1 is 1.30 bits per heavy atom. The maximum absolute atomic E-state index is 12.2. The summed E-state index contributed by atoms with van der Waals surface area (Å²) in [4.78, 5) is 16.7. The van der Waals surface area contributed by atoms with E-state index in [1.54, 1.807) is 17.9 Å². The van der Waals surface area contributed by atoms with E-state index in [-0.39, 0.29) is 6.54 Å². The number of nitrogens with one attached hydrogen (secondary N) is 1. The van der Waals surface area contributed by atoms with E-state index in [0.29, 0.717) is 16.7 Å². The van der Waals surface area contributed by atoms with Gasteiger partial charge in [0.1, 0.15) is 10.8 Å². The molecule has 2 heterocycles. The fourth-order valence-electron chi connectivity index (χ4n) is 3.09. The minimum absolute atomic E-state index is 0.234. The van der Waals surface area contributed by atoms with Crippen LogP contribution in [-0.4, -0.2) is 40.1 Å². The van der Waals surface area contributed by atoms with E-state index in [1.807, 2.05) is 53.8 Å². The number of nitrogens with zero attached hydrogens (tertiary/aromatic N) is 3. The van der Waals surface area contributed by atoms with Crippen molar-refractivity contribution in [3.8, 4) is 5.88 Å². The summed E-state index contributed by atoms with van der Waals surface area (Å²) in [5.74, 6) is 0.600. The molecule has 0 saturated carbocycles. The summed E-state index contributed by atoms with van der Waals surface area (Å²) in [5, 5.41) is 7.69. The molecule has 2 aromatic heterocycles. The first-order valence-corrected chi connectivity index (χ1v) is 9.03. The van der Waals surface area contributed by atoms with Crippen molar-refractivity contribution in [2.45, 2.75) is 45.6 Å². The Kier molecular flexibility index (Phi) is 6.04. The largest absolute Gasteiger partial charge is 0.481 e. The zero-order chi connectivity index (χ0) is 20.4. The van der Waals surface area contributed by atoms with Crippen LogP contribution in [0.15, 0.2) is 18.2 Å². The summed E-state index contributed by atoms with van der Waals surface area (Å²) in [7, 11) is 3.40. The average molecular weight is 395 g/mol. The Balaban J connectivity index is 2.49. The molecule has 1 N–H and O–H groups in total. The number of amides is 1. The molecule has 7 nitrogen and oxygen atoms in total. The number of alkyl carbamates (subject to hydrolysis) is 1. The molecule has 8 heteroatoms. The highest BCUT2D eigenvalue weighted by Gasteiger charge is 2.38. The highest BCUT2D eigenvalue weighted by Crippen LogP contribution is 2.38. The molecule has 1 unspecified atom stereocenters. The van der Waals surface area contributed by atoms with E-state index >= 15 is 0 Å². The van der Waals surface area contributed by atoms with E-state index in [1.165, 1.54) is 0 Å². The Hall–Kier alpha value is -2.28. The smallest absolute Gasteiger partial charge is 0.407 e. The van der Waals surface area contributed by atoms with Crippen molar-refractivity contribution in [1.29, 1.82) is 0 Å². The van der Waals surface area contributed by atoms with Crippen LogP contribution in [0.2, 0.25) is 5.15 Å². The molecule has 0 aliphatic rings. The van der Waals surface area contributed by atoms with Gasteiger partial charge in [0, 0.05) is 13.6 Å². The number of pyridine rings is 1. The standard InChI is InChI=1S/C19H27ClN4O3/c1-12-15(16(26-7)24(6)23-12)19(5,13-9-8-10-14(20)22-13)11-21-17(25)27-18(2,3)4/h8-10H,11H2,1-7H3,(H,21,25). The minimum Gasteiger partial charge on any atom is -0.481 e. The second-order valence-corrected chi connectivity index (χ2v) is 8.01. The number of hydrogen-bond donors (Lipinski definition) is 1. The number of ether oxygens (including phenoxy) is 2. The van der Waals surface area contributed by atoms with Gasteiger partial charge in [-0.05, 0) is 46.8 Å². The molecule has 27 heavy (non-hydrogen) atoms. The maximum atomic E-state index is 12.2. The molecule has 148 valence electrons. The molecule has 0 spiro atoms. The number of carbonyl (C=O) groups is 1. The number of halogens is 1. The summed E-state index contributed by atoms with van der Waals surface area (Å²) >= 11 is 6.13. The van der Waals surface area contributed by atoms with Gasteiger partial charge in [0.15, 0.2) is 0 Å². The first-order chi connectivity index (χ1) is 12.5. The molecular weight excluding hydrogens is 368 g/mol. The lowest BCUT2D eigenvalue weighted by Crippen LogP contribution is -2.42. The third kappa shape index (κ3) is 4.71. The van der Waals surface area contributed by atoms with Crippen LogP contribution in [0.1, 0.15) is 44.6 Å². The summed E-state index contributed by atoms with van der Waals surface area (Å²) in [6, 6.07) is 5.41. The lowest BCUT2D eigenvalue weighted by atomic mass is 9.78. The highest BCUT2D eigenvalue weighted by molar-refractivity contribution is 6.29. The van der Waals surface area contributed by atoms with E-state index in [4.69, 9.17) is 21.1 Å². The number of carbonyl (C=O) groups excluding carboxylic acids is 1. The highest BCUT2D eigenvalue weighted by atomic mass is 35.5. The van der Waals surface area contributed by atoms with E-state index in [0.717, 1.165) is 11.3 Å². The molecule has 0 aromatic carbocycles. The van der Waals surface area contributed by atoms with Crippen LogP contribution in [0.4, 0.5) is 4.79 Å². The fraction of sp³-hybridized carbons (Fsp3) is 0.526. The van der Waals surface area contributed by atoms with Gasteiger partial charge in [0.05, 0.1) is 29.5 Å². The lowest BCUT2D eigenvalue weighted by molar-refractivity contribution is 0.0519. The molecule has 0 bridgehead atoms. The molecule has 1 amide bonds. The van der Waals surface area contributed by atoms with Gasteiger partial charge in [-0.2, -0.15) is 5.10 Å². The number of hydrogen-bond acceptors (Lipinski definition) is 5. The maximum Gasteiger partial charge on any atom is 0.407 e. The zero-order valence-corrected chi connectivity index (χ0v) is 17.6. The molecule has 2 aromatic rings. The minimum atomic E-state index is -0.731. The summed E-state index contributed by atoms with van der Waals surface area (Å²) in [6.45, 7) is 9.55. The molecule has 0 radical (unpaired) electrons. The van der Waals surface area contributed by atoms with Crippen molar-refractivity contribution in [3.63, 3.8) is 0 Å². The molecular formula is C19H27ClN4O3. The van der Waals surface area contributed by atoms with Gasteiger partial charge in [0.2, 0.25) is 5.88 Å². The second kappa shape index (κ2) is 7.76. The SMILES string of the molecule is COc1c(C(C)(CNC(=O)OC(C)(C)C)c2cccc(Cl)n2)c(C)nn1C. The van der Waals surface area contributed by atoms with Crippen LogP contribution in [-0.2, 0) is 17.2 Å². The van der Waals surface area contributed by atoms with Crippen LogP contribution >= 0.6 is 11.6 Å². The second-order valence-electron chi connectivity index (χ2n) is 7.63. The topological polar surface area (TPSA) is 78.3 Å². The average Bonchev–Trinajstić information content (AvgIpc) is 2.85. The summed E-state index contributed by atoms with van der Waals surface area (Å²) in [6.07, 6.45) is -0.503. The van der Waals surface area contributed by atoms with Crippen molar-refractivity contribution < 1.29 is 14.3 Å². The molecule has 0 aliphatic carbocycles. The van der Waals surface area contributed by atoms with E-state index in [2.05, 4.69) is 15.4 Å². The predicted molar refractivity (Wildman–Crippen MR) is 104 cm³/mol. The Morgan fingerprint density at radius 3 is 2.52 bits per heavy atom. The molecule has 0 aliphatic heterocycles. The van der Waals surface area contributed by atoms with Crippen molar-refractivity contribution in [2.24, 2.45) is 7.05 Å². The van der Waals surface area contributed by atoms with Gasteiger partial charge >= 0.3 is 6.09 Å². The van der Waals surface area contributed by atoms with Gasteiger partial charge in [-0.1, -0.05) is 17.7 Å². The monoisotopic (exact) mass is 394 g/mol. The van der Waals surface area contributed by atoms with Crippen LogP contribution in [0.25, 0.3) is 0 Å². The predicted octanol–water partition coefficient (Wildman–Crippen LogP) is 3.62. The van der Waals surface area contributed by atoms with Gasteiger partial charge in [-0.25, -0.2) is 14.5 Å². The van der Waals surface area contributed by atoms with Gasteiger partial charge in [-0.15, -0.1) is 0 Å². The van der Waals surface area contributed by atoms with Crippen LogP contribution in [0, 0.1) is 6.92 Å². The lowest BCUT2D eigenvalue weighted by Gasteiger charge is -2.31. The third-order valence-electron chi connectivity index (χ3n) is 4.18. The van der Waals surface area contributed by atoms with Crippen LogP contribution in [0.3, 0.4) is 0 Å². The van der Waals surface area contributed by atoms with E-state index in [9.17, 15) is 4.79 Å². The summed E-state index contributed by atoms with van der Waals surface area (Å²) < 4.78 is 12.6. The first-order valence-electron chi connectivity index (χ1n) is 8.66. The number of rotatable bonds is 5. The normalized spacial score (nSPS) is 13.8. The number of methoxy groups -OCH3 is 1. The summed E-state index contributed by atoms with van der Waals surface area (Å²) in [5.41, 5.74) is 0.991. The Morgan fingerprint density at radius 2 is 1.96 bits per heavy atom. The quantitative estimate of drug-likeness (QED) is 0.783. The van der Waals surface area contributed by atoms with E-state index < -0.39 is 17.1 Å². The fourth-order valence-corrected chi connectivity index (χ4v) is 3.26. The van der Waals surface area contributed by atoms with Gasteiger partial charge < -0.3 is 14.8 Å². The Labute approximate surface area is 165 Å². The van der Waals surface area contributed by atoms with Crippen molar-refractivity contribution in [3.05, 3.63) is 40.3 Å². The Bertz CT molecular complexity index is 829. The zero-order valence-electron chi connectivity index (χ0n) is 16.9. The number of aryl methyl sites for hydroxylation is 2. The first kappa shape index (κ1) is 21.0. The van der Waals surface area contributed by atoms with Crippen molar-refractivity contribution in [2.75, 3.05) is 13.7 Å².